The Balaban J connectivity index is -0.000000107. The Morgan fingerprint density at radius 1 is 0.818 bits per heavy atom. The van der Waals surface area contributed by atoms with Crippen molar-refractivity contribution in [2.75, 3.05) is 13.2 Å². The van der Waals surface area contributed by atoms with Gasteiger partial charge in [-0.2, -0.15) is 0 Å². The standard InChI is InChI=1S/2C4H10O.Ti/c2*1-2-3-4-5;/h2*5H,2-4H2,1H3;/q;;+2. The molecule has 0 radical (unpaired) electrons. The van der Waals surface area contributed by atoms with Crippen LogP contribution in [0.5, 0.6) is 0 Å². The quantitative estimate of drug-likeness (QED) is 0.670. The summed E-state index contributed by atoms with van der Waals surface area (Å²) in [7, 11) is 0. The number of rotatable bonds is 4. The zero-order valence-electron chi connectivity index (χ0n) is 7.64. The number of unbranched alkanes of at least 4 members (excludes halogenated alkanes) is 2. The summed E-state index contributed by atoms with van der Waals surface area (Å²) in [5, 5.41) is 16.1. The summed E-state index contributed by atoms with van der Waals surface area (Å²) < 4.78 is 0. The van der Waals surface area contributed by atoms with Crippen LogP contribution in [0.15, 0.2) is 0 Å². The first-order valence-corrected chi connectivity index (χ1v) is 4.05. The molecule has 0 aromatic rings. The predicted molar refractivity (Wildman–Crippen MR) is 44.0 cm³/mol. The Kier molecular flexibility index (Phi) is 36.0. The Hall–Kier alpha value is 0.634. The van der Waals surface area contributed by atoms with Gasteiger partial charge in [-0.15, -0.1) is 0 Å². The fourth-order valence-electron chi connectivity index (χ4n) is 0.316. The molecule has 0 heterocycles. The van der Waals surface area contributed by atoms with E-state index in [0.717, 1.165) is 25.7 Å². The van der Waals surface area contributed by atoms with E-state index in [2.05, 4.69) is 13.8 Å². The van der Waals surface area contributed by atoms with Crippen molar-refractivity contribution >= 4 is 0 Å². The second kappa shape index (κ2) is 22.4. The average molecular weight is 196 g/mol. The predicted octanol–water partition coefficient (Wildman–Crippen LogP) is 1.56. The fourth-order valence-corrected chi connectivity index (χ4v) is 0.316. The van der Waals surface area contributed by atoms with Gasteiger partial charge in [-0.25, -0.2) is 0 Å². The van der Waals surface area contributed by atoms with Gasteiger partial charge in [0.05, 0.1) is 0 Å². The minimum Gasteiger partial charge on any atom is -0.396 e. The van der Waals surface area contributed by atoms with Crippen molar-refractivity contribution in [3.8, 4) is 0 Å². The maximum absolute atomic E-state index is 8.07. The van der Waals surface area contributed by atoms with Crippen LogP contribution in [0.1, 0.15) is 39.5 Å². The monoisotopic (exact) mass is 196 g/mol. The van der Waals surface area contributed by atoms with Gasteiger partial charge >= 0.3 is 21.7 Å². The van der Waals surface area contributed by atoms with Crippen LogP contribution in [-0.4, -0.2) is 23.4 Å². The average Bonchev–Trinajstić information content (AvgIpc) is 1.93. The third-order valence-electron chi connectivity index (χ3n) is 1.02. The molecular formula is C8H20O2Ti+2. The molecule has 2 nitrogen and oxygen atoms in total. The minimum absolute atomic E-state index is 0. The normalized spacial score (nSPS) is 7.64. The van der Waals surface area contributed by atoms with Gasteiger partial charge in [-0.3, -0.25) is 0 Å². The molecule has 66 valence electrons. The van der Waals surface area contributed by atoms with Crippen LogP contribution in [0.3, 0.4) is 0 Å². The van der Waals surface area contributed by atoms with Gasteiger partial charge in [0.15, 0.2) is 0 Å². The van der Waals surface area contributed by atoms with E-state index in [-0.39, 0.29) is 21.7 Å². The number of aliphatic hydroxyl groups excluding tert-OH is 2. The van der Waals surface area contributed by atoms with Crippen molar-refractivity contribution in [1.29, 1.82) is 0 Å². The number of hydrogen-bond acceptors (Lipinski definition) is 2. The van der Waals surface area contributed by atoms with Gasteiger partial charge < -0.3 is 10.2 Å². The summed E-state index contributed by atoms with van der Waals surface area (Å²) in [6.45, 7) is 4.79. The summed E-state index contributed by atoms with van der Waals surface area (Å²) in [5.41, 5.74) is 0. The third kappa shape index (κ3) is 36.9. The van der Waals surface area contributed by atoms with Crippen LogP contribution in [0.2, 0.25) is 0 Å². The van der Waals surface area contributed by atoms with E-state index in [9.17, 15) is 0 Å². The summed E-state index contributed by atoms with van der Waals surface area (Å²) >= 11 is 0. The van der Waals surface area contributed by atoms with Crippen LogP contribution >= 0.6 is 0 Å². The summed E-state index contributed by atoms with van der Waals surface area (Å²) in [4.78, 5) is 0. The third-order valence-corrected chi connectivity index (χ3v) is 1.02. The van der Waals surface area contributed by atoms with Gasteiger partial charge in [-0.05, 0) is 12.8 Å². The zero-order valence-corrected chi connectivity index (χ0v) is 9.20. The van der Waals surface area contributed by atoms with Gasteiger partial charge in [0, 0.05) is 13.2 Å². The van der Waals surface area contributed by atoms with Crippen molar-refractivity contribution in [3.05, 3.63) is 0 Å². The van der Waals surface area contributed by atoms with Crippen molar-refractivity contribution in [3.63, 3.8) is 0 Å². The molecule has 0 atom stereocenters. The molecule has 0 saturated heterocycles. The van der Waals surface area contributed by atoms with Crippen LogP contribution in [0.25, 0.3) is 0 Å². The van der Waals surface area contributed by atoms with Gasteiger partial charge in [0.2, 0.25) is 0 Å². The second-order valence-corrected chi connectivity index (χ2v) is 2.15. The van der Waals surface area contributed by atoms with Gasteiger partial charge in [0.25, 0.3) is 0 Å². The first-order chi connectivity index (χ1) is 4.83. The Morgan fingerprint density at radius 2 is 1.09 bits per heavy atom. The molecule has 2 N–H and O–H groups in total. The van der Waals surface area contributed by atoms with Gasteiger partial charge in [0.1, 0.15) is 0 Å². The largest absolute Gasteiger partial charge is 2.00 e. The van der Waals surface area contributed by atoms with E-state index in [1.807, 2.05) is 0 Å². The van der Waals surface area contributed by atoms with E-state index < -0.39 is 0 Å². The minimum atomic E-state index is 0. The molecule has 0 saturated carbocycles. The van der Waals surface area contributed by atoms with E-state index >= 15 is 0 Å². The van der Waals surface area contributed by atoms with Crippen LogP contribution in [0, 0.1) is 0 Å². The second-order valence-electron chi connectivity index (χ2n) is 2.15. The molecule has 0 unspecified atom stereocenters. The first kappa shape index (κ1) is 17.6. The first-order valence-electron chi connectivity index (χ1n) is 4.05. The Labute approximate surface area is 84.9 Å². The number of hydrogen-bond donors (Lipinski definition) is 2. The summed E-state index contributed by atoms with van der Waals surface area (Å²) in [6, 6.07) is 0. The van der Waals surface area contributed by atoms with E-state index in [4.69, 9.17) is 10.2 Å². The van der Waals surface area contributed by atoms with Crippen LogP contribution in [-0.2, 0) is 21.7 Å². The van der Waals surface area contributed by atoms with E-state index in [1.54, 1.807) is 0 Å². The molecule has 0 aliphatic heterocycles. The molecule has 0 bridgehead atoms. The smallest absolute Gasteiger partial charge is 0.396 e. The van der Waals surface area contributed by atoms with Gasteiger partial charge in [-0.1, -0.05) is 26.7 Å². The van der Waals surface area contributed by atoms with Crippen molar-refractivity contribution in [1.82, 2.24) is 0 Å². The maximum Gasteiger partial charge on any atom is 2.00 e. The number of aliphatic hydroxyl groups is 2. The molecule has 11 heavy (non-hydrogen) atoms. The van der Waals surface area contributed by atoms with Crippen molar-refractivity contribution in [2.24, 2.45) is 0 Å². The van der Waals surface area contributed by atoms with Crippen LogP contribution in [0.4, 0.5) is 0 Å². The molecule has 0 amide bonds. The molecule has 0 spiro atoms. The van der Waals surface area contributed by atoms with E-state index in [0.29, 0.717) is 13.2 Å². The topological polar surface area (TPSA) is 40.5 Å². The molecule has 3 heteroatoms. The van der Waals surface area contributed by atoms with Crippen LogP contribution < -0.4 is 0 Å². The fraction of sp³-hybridized carbons (Fsp3) is 1.00. The SMILES string of the molecule is CCCCO.CCCCO.[Ti+2]. The van der Waals surface area contributed by atoms with E-state index in [1.165, 1.54) is 0 Å². The van der Waals surface area contributed by atoms with Crippen molar-refractivity contribution < 1.29 is 31.9 Å². The van der Waals surface area contributed by atoms with Crippen molar-refractivity contribution in [2.45, 2.75) is 39.5 Å². The maximum atomic E-state index is 8.07. The molecule has 0 aromatic heterocycles. The molecule has 0 fully saturated rings. The molecule has 0 aromatic carbocycles. The Bertz CT molecular complexity index is 33.1. The molecule has 0 aliphatic carbocycles. The molecular weight excluding hydrogens is 176 g/mol. The summed E-state index contributed by atoms with van der Waals surface area (Å²) in [5.74, 6) is 0. The zero-order chi connectivity index (χ0) is 8.24. The summed E-state index contributed by atoms with van der Waals surface area (Å²) in [6.07, 6.45) is 4.08. The Morgan fingerprint density at radius 3 is 1.09 bits per heavy atom. The molecule has 0 rings (SSSR count). The molecule has 0 aliphatic rings.